The molecule has 6 nitrogen and oxygen atoms in total. The summed E-state index contributed by atoms with van der Waals surface area (Å²) in [5.74, 6) is -0.146. The van der Waals surface area contributed by atoms with Gasteiger partial charge in [-0.1, -0.05) is 65.7 Å². The van der Waals surface area contributed by atoms with Gasteiger partial charge >= 0.3 is 0 Å². The number of sulfonamides is 1. The highest BCUT2D eigenvalue weighted by molar-refractivity contribution is 7.89. The largest absolute Gasteiger partial charge is 0.495 e. The minimum Gasteiger partial charge on any atom is -0.495 e. The summed E-state index contributed by atoms with van der Waals surface area (Å²) in [5, 5.41) is 3.20. The Hall–Kier alpha value is -2.58. The Morgan fingerprint density at radius 3 is 2.31 bits per heavy atom. The Bertz CT molecular complexity index is 1190. The summed E-state index contributed by atoms with van der Waals surface area (Å²) in [6.45, 7) is -0.282. The van der Waals surface area contributed by atoms with E-state index in [0.717, 1.165) is 9.87 Å². The molecule has 0 radical (unpaired) electrons. The number of benzene rings is 3. The highest BCUT2D eigenvalue weighted by Crippen LogP contribution is 2.28. The van der Waals surface area contributed by atoms with Crippen molar-refractivity contribution in [2.45, 2.75) is 11.3 Å². The number of rotatable bonds is 9. The average molecular weight is 493 g/mol. The van der Waals surface area contributed by atoms with Crippen LogP contribution in [0, 0.1) is 0 Å². The van der Waals surface area contributed by atoms with E-state index in [1.807, 2.05) is 30.3 Å². The summed E-state index contributed by atoms with van der Waals surface area (Å²) in [7, 11) is -2.57. The first-order chi connectivity index (χ1) is 15.3. The SMILES string of the molecule is COc1ccc(S(=O)(=O)N(CCc2ccccc2)CC(=O)Nc2ccccc2Cl)cc1Cl. The maximum Gasteiger partial charge on any atom is 0.243 e. The summed E-state index contributed by atoms with van der Waals surface area (Å²) in [5.41, 5.74) is 1.36. The summed E-state index contributed by atoms with van der Waals surface area (Å²) >= 11 is 12.2. The van der Waals surface area contributed by atoms with Crippen molar-refractivity contribution >= 4 is 44.8 Å². The number of carbonyl (C=O) groups is 1. The number of amides is 1. The average Bonchev–Trinajstić information content (AvgIpc) is 2.78. The molecule has 3 aromatic carbocycles. The second kappa shape index (κ2) is 10.8. The van der Waals surface area contributed by atoms with Gasteiger partial charge in [-0.2, -0.15) is 4.31 Å². The van der Waals surface area contributed by atoms with Crippen molar-refractivity contribution in [2.24, 2.45) is 0 Å². The second-order valence-corrected chi connectivity index (χ2v) is 9.65. The van der Waals surface area contributed by atoms with E-state index in [9.17, 15) is 13.2 Å². The third-order valence-electron chi connectivity index (χ3n) is 4.72. The van der Waals surface area contributed by atoms with Crippen molar-refractivity contribution in [3.05, 3.63) is 88.4 Å². The Balaban J connectivity index is 1.86. The molecule has 0 unspecified atom stereocenters. The van der Waals surface area contributed by atoms with E-state index >= 15 is 0 Å². The van der Waals surface area contributed by atoms with Crippen molar-refractivity contribution in [3.8, 4) is 5.75 Å². The fourth-order valence-electron chi connectivity index (χ4n) is 3.05. The van der Waals surface area contributed by atoms with Crippen molar-refractivity contribution in [1.82, 2.24) is 4.31 Å². The monoisotopic (exact) mass is 492 g/mol. The van der Waals surface area contributed by atoms with Gasteiger partial charge in [-0.05, 0) is 42.3 Å². The number of nitrogens with one attached hydrogen (secondary N) is 1. The van der Waals surface area contributed by atoms with E-state index in [1.54, 1.807) is 24.3 Å². The highest BCUT2D eigenvalue weighted by atomic mass is 35.5. The smallest absolute Gasteiger partial charge is 0.243 e. The maximum atomic E-state index is 13.4. The second-order valence-electron chi connectivity index (χ2n) is 6.90. The number of carbonyl (C=O) groups excluding carboxylic acids is 1. The van der Waals surface area contributed by atoms with Crippen molar-refractivity contribution < 1.29 is 17.9 Å². The highest BCUT2D eigenvalue weighted by Gasteiger charge is 2.27. The molecule has 0 spiro atoms. The van der Waals surface area contributed by atoms with Crippen LogP contribution in [-0.2, 0) is 21.2 Å². The van der Waals surface area contributed by atoms with E-state index < -0.39 is 15.9 Å². The first kappa shape index (κ1) is 24.1. The Kier molecular flexibility index (Phi) is 8.15. The van der Waals surface area contributed by atoms with Gasteiger partial charge in [0.15, 0.2) is 0 Å². The zero-order valence-corrected chi connectivity index (χ0v) is 19.6. The fourth-order valence-corrected chi connectivity index (χ4v) is 4.98. The molecular formula is C23H22Cl2N2O4S. The topological polar surface area (TPSA) is 75.7 Å². The summed E-state index contributed by atoms with van der Waals surface area (Å²) in [6.07, 6.45) is 0.434. The lowest BCUT2D eigenvalue weighted by molar-refractivity contribution is -0.116. The van der Waals surface area contributed by atoms with Crippen LogP contribution in [0.25, 0.3) is 0 Å². The number of ether oxygens (including phenoxy) is 1. The third-order valence-corrected chi connectivity index (χ3v) is 7.19. The quantitative estimate of drug-likeness (QED) is 0.462. The fraction of sp³-hybridized carbons (Fsp3) is 0.174. The van der Waals surface area contributed by atoms with Crippen molar-refractivity contribution in [2.75, 3.05) is 25.5 Å². The standard InChI is InChI=1S/C23H22Cl2N2O4S/c1-31-22-12-11-18(15-20(22)25)32(29,30)27(14-13-17-7-3-2-4-8-17)16-23(28)26-21-10-6-5-9-19(21)24/h2-12,15H,13-14,16H2,1H3,(H,26,28). The van der Waals surface area contributed by atoms with Crippen LogP contribution in [-0.4, -0.2) is 38.8 Å². The molecule has 1 amide bonds. The van der Waals surface area contributed by atoms with Gasteiger partial charge in [0.1, 0.15) is 5.75 Å². The normalized spacial score (nSPS) is 11.4. The lowest BCUT2D eigenvalue weighted by atomic mass is 10.1. The number of para-hydroxylation sites is 1. The van der Waals surface area contributed by atoms with Gasteiger partial charge in [0.25, 0.3) is 0 Å². The molecule has 0 aliphatic rings. The zero-order chi connectivity index (χ0) is 23.1. The summed E-state index contributed by atoms with van der Waals surface area (Å²) in [6, 6.07) is 20.4. The molecule has 0 aromatic heterocycles. The molecule has 1 N–H and O–H groups in total. The molecular weight excluding hydrogens is 471 g/mol. The third kappa shape index (κ3) is 6.01. The Morgan fingerprint density at radius 2 is 1.66 bits per heavy atom. The minimum absolute atomic E-state index is 0.0260. The van der Waals surface area contributed by atoms with Crippen LogP contribution in [0.3, 0.4) is 0 Å². The van der Waals surface area contributed by atoms with Crippen LogP contribution in [0.2, 0.25) is 10.0 Å². The van der Waals surface area contributed by atoms with Gasteiger partial charge in [0.05, 0.1) is 34.3 Å². The molecule has 9 heteroatoms. The van der Waals surface area contributed by atoms with Crippen LogP contribution >= 0.6 is 23.2 Å². The molecule has 0 saturated carbocycles. The predicted molar refractivity (Wildman–Crippen MR) is 127 cm³/mol. The molecule has 32 heavy (non-hydrogen) atoms. The molecule has 0 atom stereocenters. The number of hydrogen-bond donors (Lipinski definition) is 1. The molecule has 3 rings (SSSR count). The van der Waals surface area contributed by atoms with Crippen molar-refractivity contribution in [3.63, 3.8) is 0 Å². The lowest BCUT2D eigenvalue weighted by Gasteiger charge is -2.22. The molecule has 0 bridgehead atoms. The molecule has 0 heterocycles. The van der Waals surface area contributed by atoms with Gasteiger partial charge in [-0.15, -0.1) is 0 Å². The Labute approximate surface area is 197 Å². The van der Waals surface area contributed by atoms with Crippen LogP contribution in [0.4, 0.5) is 5.69 Å². The maximum absolute atomic E-state index is 13.4. The van der Waals surface area contributed by atoms with Gasteiger partial charge in [0.2, 0.25) is 15.9 Å². The Morgan fingerprint density at radius 1 is 0.969 bits per heavy atom. The van der Waals surface area contributed by atoms with Crippen LogP contribution in [0.5, 0.6) is 5.75 Å². The van der Waals surface area contributed by atoms with Crippen LogP contribution in [0.15, 0.2) is 77.7 Å². The van der Waals surface area contributed by atoms with Crippen LogP contribution < -0.4 is 10.1 Å². The lowest BCUT2D eigenvalue weighted by Crippen LogP contribution is -2.39. The molecule has 0 aliphatic carbocycles. The molecule has 168 valence electrons. The van der Waals surface area contributed by atoms with E-state index in [-0.39, 0.29) is 23.0 Å². The number of methoxy groups -OCH3 is 1. The summed E-state index contributed by atoms with van der Waals surface area (Å²) in [4.78, 5) is 12.7. The number of anilines is 1. The minimum atomic E-state index is -4.02. The van der Waals surface area contributed by atoms with Gasteiger partial charge in [-0.25, -0.2) is 8.42 Å². The summed E-state index contributed by atoms with van der Waals surface area (Å²) < 4.78 is 33.0. The zero-order valence-electron chi connectivity index (χ0n) is 17.3. The van der Waals surface area contributed by atoms with Gasteiger partial charge in [-0.3, -0.25) is 4.79 Å². The van der Waals surface area contributed by atoms with Crippen LogP contribution in [0.1, 0.15) is 5.56 Å². The van der Waals surface area contributed by atoms with E-state index in [1.165, 1.54) is 25.3 Å². The van der Waals surface area contributed by atoms with Gasteiger partial charge < -0.3 is 10.1 Å². The predicted octanol–water partition coefficient (Wildman–Crippen LogP) is 4.87. The van der Waals surface area contributed by atoms with E-state index in [2.05, 4.69) is 5.32 Å². The van der Waals surface area contributed by atoms with Gasteiger partial charge in [0, 0.05) is 6.54 Å². The molecule has 3 aromatic rings. The first-order valence-electron chi connectivity index (χ1n) is 9.73. The molecule has 0 aliphatic heterocycles. The number of hydrogen-bond acceptors (Lipinski definition) is 4. The number of halogens is 2. The van der Waals surface area contributed by atoms with E-state index in [0.29, 0.717) is 22.9 Å². The first-order valence-corrected chi connectivity index (χ1v) is 11.9. The van der Waals surface area contributed by atoms with E-state index in [4.69, 9.17) is 27.9 Å². The van der Waals surface area contributed by atoms with Crippen molar-refractivity contribution in [1.29, 1.82) is 0 Å². The molecule has 0 saturated heterocycles. The molecule has 0 fully saturated rings. The number of nitrogens with zero attached hydrogens (tertiary/aromatic N) is 1.